The molecule has 1 aromatic carbocycles. The molecule has 0 spiro atoms. The topological polar surface area (TPSA) is 92.2 Å². The van der Waals surface area contributed by atoms with Crippen LogP contribution >= 0.6 is 0 Å². The van der Waals surface area contributed by atoms with Crippen LogP contribution in [0.5, 0.6) is 5.75 Å². The van der Waals surface area contributed by atoms with E-state index >= 15 is 0 Å². The first kappa shape index (κ1) is 13.4. The quantitative estimate of drug-likeness (QED) is 0.870. The van der Waals surface area contributed by atoms with Crippen molar-refractivity contribution in [3.63, 3.8) is 0 Å². The van der Waals surface area contributed by atoms with E-state index in [2.05, 4.69) is 14.7 Å². The lowest BCUT2D eigenvalue weighted by molar-refractivity contribution is 0.458. The molecule has 0 fully saturated rings. The van der Waals surface area contributed by atoms with Gasteiger partial charge in [-0.05, 0) is 19.1 Å². The number of phenolic OH excluding ortho intramolecular Hbond substituents is 1. The highest BCUT2D eigenvalue weighted by Gasteiger charge is 2.17. The van der Waals surface area contributed by atoms with Gasteiger partial charge in [-0.15, -0.1) is 0 Å². The van der Waals surface area contributed by atoms with Crippen molar-refractivity contribution in [1.29, 1.82) is 0 Å². The Labute approximate surface area is 111 Å². The molecule has 100 valence electrons. The van der Waals surface area contributed by atoms with Gasteiger partial charge in [0.15, 0.2) is 0 Å². The normalized spacial score (nSPS) is 11.4. The number of benzene rings is 1. The van der Waals surface area contributed by atoms with E-state index in [9.17, 15) is 13.5 Å². The van der Waals surface area contributed by atoms with Gasteiger partial charge in [0, 0.05) is 6.20 Å². The van der Waals surface area contributed by atoms with Gasteiger partial charge < -0.3 is 5.11 Å². The second-order valence-corrected chi connectivity index (χ2v) is 5.68. The Kier molecular flexibility index (Phi) is 3.77. The van der Waals surface area contributed by atoms with Crippen molar-refractivity contribution in [1.82, 2.24) is 14.7 Å². The Balaban J connectivity index is 2.14. The lowest BCUT2D eigenvalue weighted by atomic mass is 10.3. The average molecular weight is 279 g/mol. The standard InChI is InChI=1S/C12H13N3O3S/c1-9-6-14-10(7-13-9)8-15-19(17,18)12-5-3-2-4-11(12)16/h2-7,15-16H,8H2,1H3. The molecule has 0 aliphatic heterocycles. The predicted octanol–water partition coefficient (Wildman–Crippen LogP) is 0.969. The molecule has 19 heavy (non-hydrogen) atoms. The molecular formula is C12H13N3O3S. The fourth-order valence-corrected chi connectivity index (χ4v) is 2.54. The van der Waals surface area contributed by atoms with E-state index in [1.54, 1.807) is 25.3 Å². The van der Waals surface area contributed by atoms with Gasteiger partial charge in [0.1, 0.15) is 10.6 Å². The molecule has 7 heteroatoms. The van der Waals surface area contributed by atoms with Crippen LogP contribution in [0.3, 0.4) is 0 Å². The number of hydrogen-bond acceptors (Lipinski definition) is 5. The van der Waals surface area contributed by atoms with Crippen LogP contribution in [0.25, 0.3) is 0 Å². The molecule has 6 nitrogen and oxygen atoms in total. The molecule has 0 aliphatic rings. The van der Waals surface area contributed by atoms with E-state index in [1.165, 1.54) is 18.3 Å². The lowest BCUT2D eigenvalue weighted by Gasteiger charge is -2.07. The van der Waals surface area contributed by atoms with E-state index in [-0.39, 0.29) is 17.2 Å². The van der Waals surface area contributed by atoms with E-state index in [4.69, 9.17) is 0 Å². The molecule has 0 saturated carbocycles. The summed E-state index contributed by atoms with van der Waals surface area (Å²) in [5.41, 5.74) is 1.26. The number of aromatic hydroxyl groups is 1. The first-order valence-corrected chi connectivity index (χ1v) is 7.02. The zero-order valence-electron chi connectivity index (χ0n) is 10.2. The zero-order chi connectivity index (χ0) is 13.9. The van der Waals surface area contributed by atoms with Gasteiger partial charge >= 0.3 is 0 Å². The number of aromatic nitrogens is 2. The Hall–Kier alpha value is -1.99. The van der Waals surface area contributed by atoms with Gasteiger partial charge in [-0.3, -0.25) is 9.97 Å². The molecule has 0 radical (unpaired) electrons. The van der Waals surface area contributed by atoms with Gasteiger partial charge in [-0.1, -0.05) is 12.1 Å². The Morgan fingerprint density at radius 1 is 1.21 bits per heavy atom. The SMILES string of the molecule is Cc1cnc(CNS(=O)(=O)c2ccccc2O)cn1. The van der Waals surface area contributed by atoms with Crippen LogP contribution in [0.4, 0.5) is 0 Å². The number of sulfonamides is 1. The van der Waals surface area contributed by atoms with E-state index in [0.29, 0.717) is 5.69 Å². The van der Waals surface area contributed by atoms with Crippen LogP contribution < -0.4 is 4.72 Å². The molecule has 0 saturated heterocycles. The molecule has 0 bridgehead atoms. The largest absolute Gasteiger partial charge is 0.507 e. The number of nitrogens with one attached hydrogen (secondary N) is 1. The highest BCUT2D eigenvalue weighted by Crippen LogP contribution is 2.21. The summed E-state index contributed by atoms with van der Waals surface area (Å²) in [7, 11) is -3.77. The second-order valence-electron chi connectivity index (χ2n) is 3.94. The summed E-state index contributed by atoms with van der Waals surface area (Å²) in [4.78, 5) is 7.91. The number of phenols is 1. The Bertz CT molecular complexity index is 669. The number of aryl methyl sites for hydroxylation is 1. The van der Waals surface area contributed by atoms with E-state index in [0.717, 1.165) is 5.69 Å². The van der Waals surface area contributed by atoms with Gasteiger partial charge in [-0.2, -0.15) is 0 Å². The van der Waals surface area contributed by atoms with Crippen LogP contribution in [0.1, 0.15) is 11.4 Å². The Morgan fingerprint density at radius 3 is 2.58 bits per heavy atom. The lowest BCUT2D eigenvalue weighted by Crippen LogP contribution is -2.23. The maximum absolute atomic E-state index is 12.0. The van der Waals surface area contributed by atoms with Crippen molar-refractivity contribution in [3.8, 4) is 5.75 Å². The predicted molar refractivity (Wildman–Crippen MR) is 68.9 cm³/mol. The third-order valence-corrected chi connectivity index (χ3v) is 3.88. The van der Waals surface area contributed by atoms with E-state index < -0.39 is 10.0 Å². The third kappa shape index (κ3) is 3.27. The molecule has 2 rings (SSSR count). The summed E-state index contributed by atoms with van der Waals surface area (Å²) >= 11 is 0. The molecule has 0 atom stereocenters. The number of para-hydroxylation sites is 1. The average Bonchev–Trinajstić information content (AvgIpc) is 2.38. The van der Waals surface area contributed by atoms with Crippen molar-refractivity contribution in [2.75, 3.05) is 0 Å². The zero-order valence-corrected chi connectivity index (χ0v) is 11.1. The van der Waals surface area contributed by atoms with Crippen molar-refractivity contribution in [2.24, 2.45) is 0 Å². The summed E-state index contributed by atoms with van der Waals surface area (Å²) in [6.45, 7) is 1.81. The van der Waals surface area contributed by atoms with Crippen LogP contribution in [-0.4, -0.2) is 23.5 Å². The molecule has 0 aliphatic carbocycles. The smallest absolute Gasteiger partial charge is 0.244 e. The summed E-state index contributed by atoms with van der Waals surface area (Å²) < 4.78 is 26.3. The molecule has 2 aromatic rings. The third-order valence-electron chi connectivity index (χ3n) is 2.43. The monoisotopic (exact) mass is 279 g/mol. The first-order valence-electron chi connectivity index (χ1n) is 5.54. The fourth-order valence-electron chi connectivity index (χ4n) is 1.44. The minimum absolute atomic E-state index is 0.0178. The van der Waals surface area contributed by atoms with Crippen LogP contribution in [0.2, 0.25) is 0 Å². The van der Waals surface area contributed by atoms with Crippen molar-refractivity contribution in [2.45, 2.75) is 18.4 Å². The maximum atomic E-state index is 12.0. The highest BCUT2D eigenvalue weighted by atomic mass is 32.2. The van der Waals surface area contributed by atoms with Crippen LogP contribution in [-0.2, 0) is 16.6 Å². The number of rotatable bonds is 4. The highest BCUT2D eigenvalue weighted by molar-refractivity contribution is 7.89. The Morgan fingerprint density at radius 2 is 1.95 bits per heavy atom. The second kappa shape index (κ2) is 5.33. The fraction of sp³-hybridized carbons (Fsp3) is 0.167. The number of nitrogens with zero attached hydrogens (tertiary/aromatic N) is 2. The molecule has 0 unspecified atom stereocenters. The summed E-state index contributed by atoms with van der Waals surface area (Å²) in [6, 6.07) is 5.75. The van der Waals surface area contributed by atoms with E-state index in [1.807, 2.05) is 0 Å². The molecule has 0 amide bonds. The van der Waals surface area contributed by atoms with Gasteiger partial charge in [-0.25, -0.2) is 13.1 Å². The minimum atomic E-state index is -3.77. The molecular weight excluding hydrogens is 266 g/mol. The van der Waals surface area contributed by atoms with Crippen molar-refractivity contribution in [3.05, 3.63) is 48.0 Å². The molecule has 1 heterocycles. The number of hydrogen-bond donors (Lipinski definition) is 2. The minimum Gasteiger partial charge on any atom is -0.507 e. The summed E-state index contributed by atoms with van der Waals surface area (Å²) in [5, 5.41) is 9.53. The van der Waals surface area contributed by atoms with Gasteiger partial charge in [0.2, 0.25) is 10.0 Å². The van der Waals surface area contributed by atoms with Crippen LogP contribution in [0, 0.1) is 6.92 Å². The van der Waals surface area contributed by atoms with Gasteiger partial charge in [0.25, 0.3) is 0 Å². The van der Waals surface area contributed by atoms with Crippen molar-refractivity contribution < 1.29 is 13.5 Å². The molecule has 2 N–H and O–H groups in total. The maximum Gasteiger partial charge on any atom is 0.244 e. The van der Waals surface area contributed by atoms with Crippen molar-refractivity contribution >= 4 is 10.0 Å². The molecule has 1 aromatic heterocycles. The summed E-state index contributed by atoms with van der Waals surface area (Å²) in [6.07, 6.45) is 3.06. The summed E-state index contributed by atoms with van der Waals surface area (Å²) in [5.74, 6) is -0.287. The first-order chi connectivity index (χ1) is 8.99. The van der Waals surface area contributed by atoms with Gasteiger partial charge in [0.05, 0.1) is 24.1 Å². The van der Waals surface area contributed by atoms with Crippen LogP contribution in [0.15, 0.2) is 41.6 Å².